The average Bonchev–Trinajstić information content (AvgIpc) is 3.01. The summed E-state index contributed by atoms with van der Waals surface area (Å²) in [4.78, 5) is 14.5. The highest BCUT2D eigenvalue weighted by Gasteiger charge is 2.21. The summed E-state index contributed by atoms with van der Waals surface area (Å²) in [5, 5.41) is 3.50. The van der Waals surface area contributed by atoms with E-state index in [1.807, 2.05) is 6.07 Å². The van der Waals surface area contributed by atoms with Gasteiger partial charge in [0.15, 0.2) is 6.61 Å². The average molecular weight is 343 g/mol. The fourth-order valence-corrected chi connectivity index (χ4v) is 3.64. The van der Waals surface area contributed by atoms with E-state index in [-0.39, 0.29) is 17.4 Å². The number of rotatable bonds is 3. The van der Waals surface area contributed by atoms with Crippen LogP contribution in [0.5, 0.6) is 5.75 Å². The number of carbonyl (C=O) groups excluding carboxylic acids is 1. The van der Waals surface area contributed by atoms with Gasteiger partial charge < -0.3 is 15.0 Å². The van der Waals surface area contributed by atoms with Crippen LogP contribution in [0.15, 0.2) is 53.6 Å². The third-order valence-corrected chi connectivity index (χ3v) is 5.08. The predicted octanol–water partition coefficient (Wildman–Crippen LogP) is 2.30. The number of anilines is 2. The van der Waals surface area contributed by atoms with Crippen LogP contribution in [0.2, 0.25) is 0 Å². The van der Waals surface area contributed by atoms with Crippen LogP contribution in [0.4, 0.5) is 11.4 Å². The molecule has 0 saturated carbocycles. The largest absolute Gasteiger partial charge is 0.482 e. The number of fused-ring (bicyclic) bond motifs is 2. The lowest BCUT2D eigenvalue weighted by Crippen LogP contribution is -2.25. The zero-order valence-corrected chi connectivity index (χ0v) is 13.2. The van der Waals surface area contributed by atoms with E-state index in [1.165, 1.54) is 18.2 Å². The topological polar surface area (TPSA) is 100 Å². The molecule has 0 unspecified atom stereocenters. The molecular formula is C16H13N3O4S. The second-order valence-electron chi connectivity index (χ2n) is 5.38. The number of H-pyrrole nitrogens is 1. The number of amides is 1. The fraction of sp³-hybridized carbons (Fsp3) is 0.0625. The summed E-state index contributed by atoms with van der Waals surface area (Å²) in [5.74, 6) is 0.130. The maximum Gasteiger partial charge on any atom is 0.262 e. The zero-order chi connectivity index (χ0) is 16.7. The summed E-state index contributed by atoms with van der Waals surface area (Å²) in [6.45, 7) is -0.0754. The molecule has 0 fully saturated rings. The quantitative estimate of drug-likeness (QED) is 0.679. The number of hydrogen-bond donors (Lipinski definition) is 3. The van der Waals surface area contributed by atoms with Crippen molar-refractivity contribution in [3.05, 3.63) is 48.7 Å². The molecule has 0 aliphatic carbocycles. The number of benzene rings is 2. The summed E-state index contributed by atoms with van der Waals surface area (Å²) in [5.41, 5.74) is 1.72. The molecule has 24 heavy (non-hydrogen) atoms. The molecule has 8 heteroatoms. The van der Waals surface area contributed by atoms with E-state index >= 15 is 0 Å². The summed E-state index contributed by atoms with van der Waals surface area (Å²) in [6, 6.07) is 11.4. The number of hydrogen-bond acceptors (Lipinski definition) is 4. The Kier molecular flexibility index (Phi) is 3.20. The van der Waals surface area contributed by atoms with Crippen molar-refractivity contribution in [1.82, 2.24) is 4.98 Å². The van der Waals surface area contributed by atoms with Crippen molar-refractivity contribution >= 4 is 38.2 Å². The van der Waals surface area contributed by atoms with E-state index in [4.69, 9.17) is 4.74 Å². The number of nitrogens with one attached hydrogen (secondary N) is 3. The van der Waals surface area contributed by atoms with Gasteiger partial charge in [-0.1, -0.05) is 0 Å². The maximum atomic E-state index is 12.6. The van der Waals surface area contributed by atoms with Crippen molar-refractivity contribution in [2.24, 2.45) is 0 Å². The molecule has 3 N–H and O–H groups in total. The summed E-state index contributed by atoms with van der Waals surface area (Å²) in [6.07, 6.45) is 1.79. The first-order valence-corrected chi connectivity index (χ1v) is 8.66. The Morgan fingerprint density at radius 3 is 2.83 bits per heavy atom. The van der Waals surface area contributed by atoms with Crippen LogP contribution in [-0.2, 0) is 14.8 Å². The third-order valence-electron chi connectivity index (χ3n) is 3.70. The van der Waals surface area contributed by atoms with Crippen molar-refractivity contribution in [1.29, 1.82) is 0 Å². The Hall–Kier alpha value is -3.00. The number of carbonyl (C=O) groups is 1. The van der Waals surface area contributed by atoms with Gasteiger partial charge in [0.05, 0.1) is 10.6 Å². The SMILES string of the molecule is O=C1COc2ccc(S(=O)(=O)Nc3ccc4[nH]ccc4c3)cc2N1. The lowest BCUT2D eigenvalue weighted by molar-refractivity contribution is -0.118. The molecule has 0 spiro atoms. The van der Waals surface area contributed by atoms with Gasteiger partial charge in [-0.05, 0) is 42.5 Å². The molecule has 0 atom stereocenters. The third kappa shape index (κ3) is 2.56. The van der Waals surface area contributed by atoms with Gasteiger partial charge in [-0.25, -0.2) is 8.42 Å². The minimum atomic E-state index is -3.78. The Balaban J connectivity index is 1.67. The number of sulfonamides is 1. The van der Waals surface area contributed by atoms with Crippen LogP contribution in [0, 0.1) is 0 Å². The highest BCUT2D eigenvalue weighted by molar-refractivity contribution is 7.92. The number of ether oxygens (including phenoxy) is 1. The maximum absolute atomic E-state index is 12.6. The van der Waals surface area contributed by atoms with Crippen LogP contribution < -0.4 is 14.8 Å². The summed E-state index contributed by atoms with van der Waals surface area (Å²) < 4.78 is 32.9. The van der Waals surface area contributed by atoms with E-state index < -0.39 is 10.0 Å². The fourth-order valence-electron chi connectivity index (χ4n) is 2.56. The van der Waals surface area contributed by atoms with Crippen molar-refractivity contribution < 1.29 is 17.9 Å². The molecule has 1 amide bonds. The molecule has 0 bridgehead atoms. The van der Waals surface area contributed by atoms with Crippen LogP contribution in [-0.4, -0.2) is 25.9 Å². The van der Waals surface area contributed by atoms with Crippen molar-refractivity contribution in [3.63, 3.8) is 0 Å². The molecule has 2 aromatic carbocycles. The lowest BCUT2D eigenvalue weighted by atomic mass is 10.2. The van der Waals surface area contributed by atoms with Crippen LogP contribution in [0.1, 0.15) is 0 Å². The molecule has 3 aromatic rings. The molecule has 122 valence electrons. The van der Waals surface area contributed by atoms with Crippen molar-refractivity contribution in [2.45, 2.75) is 4.90 Å². The van der Waals surface area contributed by atoms with Gasteiger partial charge in [-0.15, -0.1) is 0 Å². The normalized spacial score (nSPS) is 13.9. The molecule has 1 aliphatic rings. The standard InChI is InChI=1S/C16H13N3O4S/c20-16-9-23-15-4-2-12(8-14(15)18-16)24(21,22)19-11-1-3-13-10(7-11)5-6-17-13/h1-8,17,19H,9H2,(H,18,20). The van der Waals surface area contributed by atoms with Gasteiger partial charge in [0.25, 0.3) is 15.9 Å². The van der Waals surface area contributed by atoms with Gasteiger partial charge in [-0.2, -0.15) is 0 Å². The second-order valence-corrected chi connectivity index (χ2v) is 7.06. The Bertz CT molecular complexity index is 1060. The molecule has 1 aliphatic heterocycles. The molecule has 2 heterocycles. The summed E-state index contributed by atoms with van der Waals surface area (Å²) in [7, 11) is -3.78. The van der Waals surface area contributed by atoms with Gasteiger partial charge in [0, 0.05) is 22.8 Å². The van der Waals surface area contributed by atoms with Gasteiger partial charge in [-0.3, -0.25) is 9.52 Å². The first-order valence-electron chi connectivity index (χ1n) is 7.18. The highest BCUT2D eigenvalue weighted by Crippen LogP contribution is 2.31. The lowest BCUT2D eigenvalue weighted by Gasteiger charge is -2.18. The van der Waals surface area contributed by atoms with Crippen LogP contribution >= 0.6 is 0 Å². The van der Waals surface area contributed by atoms with Gasteiger partial charge in [0.1, 0.15) is 5.75 Å². The Morgan fingerprint density at radius 2 is 1.96 bits per heavy atom. The minimum absolute atomic E-state index is 0.0428. The van der Waals surface area contributed by atoms with E-state index in [2.05, 4.69) is 15.0 Å². The monoisotopic (exact) mass is 343 g/mol. The smallest absolute Gasteiger partial charge is 0.262 e. The minimum Gasteiger partial charge on any atom is -0.482 e. The Labute approximate surface area is 137 Å². The zero-order valence-electron chi connectivity index (χ0n) is 12.4. The first-order chi connectivity index (χ1) is 11.5. The van der Waals surface area contributed by atoms with E-state index in [0.29, 0.717) is 17.1 Å². The van der Waals surface area contributed by atoms with E-state index in [0.717, 1.165) is 10.9 Å². The first kappa shape index (κ1) is 14.6. The van der Waals surface area contributed by atoms with E-state index in [1.54, 1.807) is 24.4 Å². The molecular weight excluding hydrogens is 330 g/mol. The predicted molar refractivity (Wildman–Crippen MR) is 89.7 cm³/mol. The molecule has 0 saturated heterocycles. The van der Waals surface area contributed by atoms with Crippen LogP contribution in [0.3, 0.4) is 0 Å². The summed E-state index contributed by atoms with van der Waals surface area (Å²) >= 11 is 0. The number of aromatic amines is 1. The molecule has 0 radical (unpaired) electrons. The second kappa shape index (κ2) is 5.27. The van der Waals surface area contributed by atoms with Gasteiger partial charge >= 0.3 is 0 Å². The van der Waals surface area contributed by atoms with Crippen molar-refractivity contribution in [2.75, 3.05) is 16.6 Å². The molecule has 4 rings (SSSR count). The van der Waals surface area contributed by atoms with Gasteiger partial charge in [0.2, 0.25) is 0 Å². The van der Waals surface area contributed by atoms with Crippen molar-refractivity contribution in [3.8, 4) is 5.75 Å². The highest BCUT2D eigenvalue weighted by atomic mass is 32.2. The number of aromatic nitrogens is 1. The Morgan fingerprint density at radius 1 is 1.08 bits per heavy atom. The van der Waals surface area contributed by atoms with E-state index in [9.17, 15) is 13.2 Å². The molecule has 1 aromatic heterocycles. The van der Waals surface area contributed by atoms with Crippen LogP contribution in [0.25, 0.3) is 10.9 Å². The molecule has 7 nitrogen and oxygen atoms in total.